The average Bonchev–Trinajstić information content (AvgIpc) is 2.63. The molecule has 0 aliphatic carbocycles. The summed E-state index contributed by atoms with van der Waals surface area (Å²) in [6.45, 7) is 6.53. The van der Waals surface area contributed by atoms with Gasteiger partial charge in [0.05, 0.1) is 5.02 Å². The number of nitrogens with one attached hydrogen (secondary N) is 3. The van der Waals surface area contributed by atoms with E-state index in [4.69, 9.17) is 11.6 Å². The number of halogens is 1. The summed E-state index contributed by atoms with van der Waals surface area (Å²) in [6, 6.07) is 3.57. The summed E-state index contributed by atoms with van der Waals surface area (Å²) in [5.41, 5.74) is 0.728. The minimum atomic E-state index is -4.02. The van der Waals surface area contributed by atoms with Crippen molar-refractivity contribution < 1.29 is 18.0 Å². The molecule has 1 aromatic rings. The number of carbonyl (C=O) groups is 2. The Morgan fingerprint density at radius 1 is 1.11 bits per heavy atom. The molecule has 2 amide bonds. The van der Waals surface area contributed by atoms with E-state index in [0.717, 1.165) is 12.0 Å². The molecule has 0 bridgehead atoms. The molecule has 9 heteroatoms. The molecule has 0 fully saturated rings. The Hall–Kier alpha value is -1.64. The molecule has 0 saturated heterocycles. The van der Waals surface area contributed by atoms with Gasteiger partial charge in [-0.3, -0.25) is 9.59 Å². The van der Waals surface area contributed by atoms with Gasteiger partial charge in [-0.15, -0.1) is 0 Å². The lowest BCUT2D eigenvalue weighted by molar-refractivity contribution is -0.123. The molecule has 0 unspecified atom stereocenters. The first-order valence-corrected chi connectivity index (χ1v) is 10.9. The Morgan fingerprint density at radius 3 is 2.37 bits per heavy atom. The summed E-state index contributed by atoms with van der Waals surface area (Å²) in [5, 5.41) is 5.45. The fourth-order valence-corrected chi connectivity index (χ4v) is 4.12. The van der Waals surface area contributed by atoms with E-state index in [-0.39, 0.29) is 28.7 Å². The lowest BCUT2D eigenvalue weighted by Crippen LogP contribution is -2.47. The molecule has 27 heavy (non-hydrogen) atoms. The Balaban J connectivity index is 2.95. The molecule has 7 nitrogen and oxygen atoms in total. The number of rotatable bonds is 11. The molecule has 152 valence electrons. The normalized spacial score (nSPS) is 12.4. The molecule has 0 aliphatic heterocycles. The van der Waals surface area contributed by atoms with E-state index in [1.165, 1.54) is 12.1 Å². The maximum absolute atomic E-state index is 12.7. The third-order valence-corrected chi connectivity index (χ3v) is 5.72. The third kappa shape index (κ3) is 7.86. The van der Waals surface area contributed by atoms with E-state index in [2.05, 4.69) is 15.4 Å². The van der Waals surface area contributed by atoms with Crippen LogP contribution < -0.4 is 15.4 Å². The second kappa shape index (κ2) is 11.3. The molecule has 0 spiro atoms. The zero-order chi connectivity index (χ0) is 20.4. The largest absolute Gasteiger partial charge is 0.356 e. The Labute approximate surface area is 166 Å². The van der Waals surface area contributed by atoms with Crippen molar-refractivity contribution in [2.45, 2.75) is 57.4 Å². The molecule has 0 aromatic heterocycles. The van der Waals surface area contributed by atoms with Crippen molar-refractivity contribution in [3.8, 4) is 0 Å². The summed E-state index contributed by atoms with van der Waals surface area (Å²) in [4.78, 5) is 24.1. The van der Waals surface area contributed by atoms with Crippen LogP contribution in [0.15, 0.2) is 23.1 Å². The van der Waals surface area contributed by atoms with Crippen molar-refractivity contribution in [2.75, 3.05) is 13.1 Å². The van der Waals surface area contributed by atoms with Gasteiger partial charge in [0.2, 0.25) is 21.8 Å². The standard InChI is InChI=1S/C18H28ClN3O4S/c1-4-10-20-17(23)9-8-15(18(24)21-11-5-2)22-27(25,26)16-12-13(3)6-7-14(16)19/h6-7,12,15,22H,4-5,8-11H2,1-3H3,(H,20,23)(H,21,24)/t15-/m0/s1. The van der Waals surface area contributed by atoms with E-state index in [9.17, 15) is 18.0 Å². The van der Waals surface area contributed by atoms with E-state index >= 15 is 0 Å². The highest BCUT2D eigenvalue weighted by molar-refractivity contribution is 7.89. The smallest absolute Gasteiger partial charge is 0.242 e. The number of carbonyl (C=O) groups excluding carboxylic acids is 2. The van der Waals surface area contributed by atoms with Crippen LogP contribution in [0.25, 0.3) is 0 Å². The lowest BCUT2D eigenvalue weighted by Gasteiger charge is -2.19. The number of sulfonamides is 1. The van der Waals surface area contributed by atoms with Crippen LogP contribution in [0.1, 0.15) is 45.1 Å². The highest BCUT2D eigenvalue weighted by Gasteiger charge is 2.27. The van der Waals surface area contributed by atoms with Gasteiger partial charge >= 0.3 is 0 Å². The maximum atomic E-state index is 12.7. The SMILES string of the molecule is CCCNC(=O)CC[C@H](NS(=O)(=O)c1cc(C)ccc1Cl)C(=O)NCCC. The topological polar surface area (TPSA) is 104 Å². The Kier molecular flexibility index (Phi) is 9.76. The van der Waals surface area contributed by atoms with Gasteiger partial charge in [-0.25, -0.2) is 8.42 Å². The molecular formula is C18H28ClN3O4S. The molecule has 0 aliphatic rings. The summed E-state index contributed by atoms with van der Waals surface area (Å²) in [6.07, 6.45) is 1.60. The first-order chi connectivity index (χ1) is 12.7. The summed E-state index contributed by atoms with van der Waals surface area (Å²) in [5.74, 6) is -0.689. The molecule has 0 radical (unpaired) electrons. The minimum Gasteiger partial charge on any atom is -0.356 e. The molecule has 1 aromatic carbocycles. The highest BCUT2D eigenvalue weighted by atomic mass is 35.5. The molecule has 1 rings (SSSR count). The van der Waals surface area contributed by atoms with Crippen molar-refractivity contribution in [1.29, 1.82) is 0 Å². The van der Waals surface area contributed by atoms with E-state index in [0.29, 0.717) is 19.5 Å². The van der Waals surface area contributed by atoms with E-state index < -0.39 is 22.0 Å². The predicted octanol–water partition coefficient (Wildman–Crippen LogP) is 2.13. The lowest BCUT2D eigenvalue weighted by atomic mass is 10.1. The first-order valence-electron chi connectivity index (χ1n) is 9.04. The van der Waals surface area contributed by atoms with E-state index in [1.807, 2.05) is 13.8 Å². The van der Waals surface area contributed by atoms with Crippen molar-refractivity contribution in [2.24, 2.45) is 0 Å². The van der Waals surface area contributed by atoms with Gasteiger partial charge in [-0.05, 0) is 43.9 Å². The van der Waals surface area contributed by atoms with Gasteiger partial charge in [-0.1, -0.05) is 31.5 Å². The minimum absolute atomic E-state index is 0.0360. The summed E-state index contributed by atoms with van der Waals surface area (Å²) in [7, 11) is -4.02. The second-order valence-corrected chi connectivity index (χ2v) is 8.38. The van der Waals surface area contributed by atoms with Crippen molar-refractivity contribution in [3.63, 3.8) is 0 Å². The van der Waals surface area contributed by atoms with Crippen molar-refractivity contribution >= 4 is 33.4 Å². The molecule has 0 saturated carbocycles. The maximum Gasteiger partial charge on any atom is 0.242 e. The van der Waals surface area contributed by atoms with E-state index in [1.54, 1.807) is 13.0 Å². The number of hydrogen-bond donors (Lipinski definition) is 3. The fraction of sp³-hybridized carbons (Fsp3) is 0.556. The number of hydrogen-bond acceptors (Lipinski definition) is 4. The third-order valence-electron chi connectivity index (χ3n) is 3.77. The van der Waals surface area contributed by atoms with Gasteiger partial charge in [-0.2, -0.15) is 4.72 Å². The van der Waals surface area contributed by atoms with Crippen molar-refractivity contribution in [3.05, 3.63) is 28.8 Å². The van der Waals surface area contributed by atoms with Crippen LogP contribution in [0, 0.1) is 6.92 Å². The van der Waals surface area contributed by atoms with Gasteiger partial charge in [0.15, 0.2) is 0 Å². The predicted molar refractivity (Wildman–Crippen MR) is 106 cm³/mol. The summed E-state index contributed by atoms with van der Waals surface area (Å²) >= 11 is 6.03. The zero-order valence-electron chi connectivity index (χ0n) is 16.0. The number of aryl methyl sites for hydroxylation is 1. The molecule has 0 heterocycles. The second-order valence-electron chi connectivity index (χ2n) is 6.29. The fourth-order valence-electron chi connectivity index (χ4n) is 2.31. The van der Waals surface area contributed by atoms with Crippen LogP contribution in [0.3, 0.4) is 0 Å². The van der Waals surface area contributed by atoms with Gasteiger partial charge in [0, 0.05) is 19.5 Å². The average molecular weight is 418 g/mol. The molecule has 3 N–H and O–H groups in total. The van der Waals surface area contributed by atoms with Crippen LogP contribution >= 0.6 is 11.6 Å². The quantitative estimate of drug-likeness (QED) is 0.513. The monoisotopic (exact) mass is 417 g/mol. The number of amides is 2. The van der Waals surface area contributed by atoms with Gasteiger partial charge in [0.25, 0.3) is 0 Å². The van der Waals surface area contributed by atoms with Gasteiger partial charge in [0.1, 0.15) is 10.9 Å². The molecular weight excluding hydrogens is 390 g/mol. The number of benzene rings is 1. The Bertz CT molecular complexity index is 753. The summed E-state index contributed by atoms with van der Waals surface area (Å²) < 4.78 is 27.9. The Morgan fingerprint density at radius 2 is 1.74 bits per heavy atom. The molecule has 1 atom stereocenters. The van der Waals surface area contributed by atoms with Crippen LogP contribution in [-0.2, 0) is 19.6 Å². The van der Waals surface area contributed by atoms with Gasteiger partial charge < -0.3 is 10.6 Å². The van der Waals surface area contributed by atoms with Crippen LogP contribution in [0.2, 0.25) is 5.02 Å². The zero-order valence-corrected chi connectivity index (χ0v) is 17.5. The van der Waals surface area contributed by atoms with Crippen molar-refractivity contribution in [1.82, 2.24) is 15.4 Å². The van der Waals surface area contributed by atoms with Crippen LogP contribution in [0.4, 0.5) is 0 Å². The van der Waals surface area contributed by atoms with Crippen LogP contribution in [-0.4, -0.2) is 39.4 Å². The van der Waals surface area contributed by atoms with Crippen LogP contribution in [0.5, 0.6) is 0 Å². The highest BCUT2D eigenvalue weighted by Crippen LogP contribution is 2.23. The first kappa shape index (κ1) is 23.4.